The molecular weight excluding hydrogens is 174 g/mol. The predicted octanol–water partition coefficient (Wildman–Crippen LogP) is 2.18. The van der Waals surface area contributed by atoms with E-state index < -0.39 is 6.10 Å². The molecule has 0 spiro atoms. The van der Waals surface area contributed by atoms with Crippen LogP contribution in [-0.2, 0) is 0 Å². The maximum absolute atomic E-state index is 9.72. The Morgan fingerprint density at radius 2 is 2.33 bits per heavy atom. The van der Waals surface area contributed by atoms with Crippen molar-refractivity contribution < 1.29 is 5.11 Å². The van der Waals surface area contributed by atoms with Crippen molar-refractivity contribution >= 4 is 11.6 Å². The molecule has 0 radical (unpaired) electrons. The van der Waals surface area contributed by atoms with Crippen molar-refractivity contribution in [3.8, 4) is 0 Å². The summed E-state index contributed by atoms with van der Waals surface area (Å²) in [7, 11) is 0. The van der Waals surface area contributed by atoms with E-state index in [1.54, 1.807) is 12.3 Å². The molecule has 1 heterocycles. The summed E-state index contributed by atoms with van der Waals surface area (Å²) in [5, 5.41) is 10.1. The molecule has 12 heavy (non-hydrogen) atoms. The summed E-state index contributed by atoms with van der Waals surface area (Å²) in [5.41, 5.74) is 0.765. The van der Waals surface area contributed by atoms with Gasteiger partial charge in [0.05, 0.1) is 6.10 Å². The Morgan fingerprint density at radius 3 is 2.92 bits per heavy atom. The fraction of sp³-hybridized carbons (Fsp3) is 0.444. The molecule has 1 aromatic rings. The van der Waals surface area contributed by atoms with Gasteiger partial charge in [-0.3, -0.25) is 0 Å². The first kappa shape index (κ1) is 8.02. The Bertz CT molecular complexity index is 286. The van der Waals surface area contributed by atoms with Crippen LogP contribution in [-0.4, -0.2) is 10.1 Å². The standard InChI is InChI=1S/C9H10ClNO/c10-9-7(2-1-5-11-9)8(12)6-3-4-6/h1-2,5-6,8,12H,3-4H2. The van der Waals surface area contributed by atoms with Gasteiger partial charge < -0.3 is 5.11 Å². The predicted molar refractivity (Wildman–Crippen MR) is 46.9 cm³/mol. The molecule has 1 unspecified atom stereocenters. The summed E-state index contributed by atoms with van der Waals surface area (Å²) in [6, 6.07) is 3.63. The molecule has 0 bridgehead atoms. The number of hydrogen-bond donors (Lipinski definition) is 1. The Balaban J connectivity index is 2.25. The molecule has 2 rings (SSSR count). The van der Waals surface area contributed by atoms with Gasteiger partial charge in [0.1, 0.15) is 5.15 Å². The summed E-state index contributed by atoms with van der Waals surface area (Å²) in [6.45, 7) is 0. The minimum Gasteiger partial charge on any atom is -0.388 e. The van der Waals surface area contributed by atoms with Crippen molar-refractivity contribution in [3.05, 3.63) is 29.0 Å². The topological polar surface area (TPSA) is 33.1 Å². The van der Waals surface area contributed by atoms with Gasteiger partial charge in [0, 0.05) is 11.8 Å². The molecule has 3 heteroatoms. The maximum atomic E-state index is 9.72. The van der Waals surface area contributed by atoms with Gasteiger partial charge in [-0.1, -0.05) is 17.7 Å². The Labute approximate surface area is 76.2 Å². The monoisotopic (exact) mass is 183 g/mol. The third-order valence-corrected chi connectivity index (χ3v) is 2.49. The third kappa shape index (κ3) is 1.45. The lowest BCUT2D eigenvalue weighted by Crippen LogP contribution is -2.00. The fourth-order valence-corrected chi connectivity index (χ4v) is 1.52. The zero-order valence-corrected chi connectivity index (χ0v) is 7.33. The number of hydrogen-bond acceptors (Lipinski definition) is 2. The van der Waals surface area contributed by atoms with Crippen LogP contribution >= 0.6 is 11.6 Å². The van der Waals surface area contributed by atoms with E-state index in [9.17, 15) is 5.11 Å². The molecule has 0 amide bonds. The zero-order valence-electron chi connectivity index (χ0n) is 6.57. The quantitative estimate of drug-likeness (QED) is 0.713. The Kier molecular flexibility index (Phi) is 2.03. The Morgan fingerprint density at radius 1 is 1.58 bits per heavy atom. The molecule has 1 atom stereocenters. The van der Waals surface area contributed by atoms with E-state index in [1.165, 1.54) is 0 Å². The highest BCUT2D eigenvalue weighted by Gasteiger charge is 2.31. The van der Waals surface area contributed by atoms with Crippen LogP contribution in [0.2, 0.25) is 5.15 Å². The molecule has 1 aromatic heterocycles. The molecule has 0 aliphatic heterocycles. The van der Waals surface area contributed by atoms with E-state index in [4.69, 9.17) is 11.6 Å². The molecule has 1 aliphatic rings. The smallest absolute Gasteiger partial charge is 0.134 e. The molecule has 1 N–H and O–H groups in total. The molecular formula is C9H10ClNO. The molecule has 0 aromatic carbocycles. The molecule has 1 fully saturated rings. The van der Waals surface area contributed by atoms with Crippen LogP contribution in [0.4, 0.5) is 0 Å². The van der Waals surface area contributed by atoms with Crippen LogP contribution < -0.4 is 0 Å². The summed E-state index contributed by atoms with van der Waals surface area (Å²) in [5.74, 6) is 0.409. The van der Waals surface area contributed by atoms with Gasteiger partial charge in [0.2, 0.25) is 0 Å². The Hall–Kier alpha value is -0.600. The molecule has 64 valence electrons. The maximum Gasteiger partial charge on any atom is 0.134 e. The fourth-order valence-electron chi connectivity index (χ4n) is 1.28. The SMILES string of the molecule is OC(c1cccnc1Cl)C1CC1. The van der Waals surface area contributed by atoms with Crippen LogP contribution in [0.3, 0.4) is 0 Å². The lowest BCUT2D eigenvalue weighted by molar-refractivity contribution is 0.153. The van der Waals surface area contributed by atoms with Crippen LogP contribution in [0.25, 0.3) is 0 Å². The number of halogens is 1. The minimum atomic E-state index is -0.411. The van der Waals surface area contributed by atoms with E-state index >= 15 is 0 Å². The number of aliphatic hydroxyl groups excluding tert-OH is 1. The van der Waals surface area contributed by atoms with Gasteiger partial charge in [-0.25, -0.2) is 4.98 Å². The average Bonchev–Trinajstić information content (AvgIpc) is 2.86. The summed E-state index contributed by atoms with van der Waals surface area (Å²) in [6.07, 6.45) is 3.43. The van der Waals surface area contributed by atoms with Crippen LogP contribution in [0.5, 0.6) is 0 Å². The minimum absolute atomic E-state index is 0.409. The van der Waals surface area contributed by atoms with Gasteiger partial charge >= 0.3 is 0 Å². The number of aliphatic hydroxyl groups is 1. The highest BCUT2D eigenvalue weighted by molar-refractivity contribution is 6.30. The summed E-state index contributed by atoms with van der Waals surface area (Å²) >= 11 is 5.82. The first-order chi connectivity index (χ1) is 5.79. The number of nitrogens with zero attached hydrogens (tertiary/aromatic N) is 1. The lowest BCUT2D eigenvalue weighted by Gasteiger charge is -2.09. The van der Waals surface area contributed by atoms with Gasteiger partial charge in [0.25, 0.3) is 0 Å². The second kappa shape index (κ2) is 3.04. The second-order valence-electron chi connectivity index (χ2n) is 3.17. The van der Waals surface area contributed by atoms with Gasteiger partial charge in [0.15, 0.2) is 0 Å². The van der Waals surface area contributed by atoms with Crippen LogP contribution in [0.15, 0.2) is 18.3 Å². The first-order valence-corrected chi connectivity index (χ1v) is 4.45. The van der Waals surface area contributed by atoms with Crippen molar-refractivity contribution in [1.29, 1.82) is 0 Å². The highest BCUT2D eigenvalue weighted by atomic mass is 35.5. The summed E-state index contributed by atoms with van der Waals surface area (Å²) < 4.78 is 0. The zero-order chi connectivity index (χ0) is 8.55. The second-order valence-corrected chi connectivity index (χ2v) is 3.52. The first-order valence-electron chi connectivity index (χ1n) is 4.07. The van der Waals surface area contributed by atoms with E-state index in [-0.39, 0.29) is 0 Å². The number of rotatable bonds is 2. The third-order valence-electron chi connectivity index (χ3n) is 2.18. The van der Waals surface area contributed by atoms with E-state index in [0.717, 1.165) is 18.4 Å². The number of aromatic nitrogens is 1. The van der Waals surface area contributed by atoms with Gasteiger partial charge in [-0.2, -0.15) is 0 Å². The average molecular weight is 184 g/mol. The molecule has 1 saturated carbocycles. The van der Waals surface area contributed by atoms with Gasteiger partial charge in [-0.15, -0.1) is 0 Å². The lowest BCUT2D eigenvalue weighted by atomic mass is 10.1. The summed E-state index contributed by atoms with van der Waals surface area (Å²) in [4.78, 5) is 3.92. The normalized spacial score (nSPS) is 19.2. The van der Waals surface area contributed by atoms with Crippen LogP contribution in [0, 0.1) is 5.92 Å². The van der Waals surface area contributed by atoms with Crippen molar-refractivity contribution in [2.24, 2.45) is 5.92 Å². The van der Waals surface area contributed by atoms with Gasteiger partial charge in [-0.05, 0) is 24.8 Å². The molecule has 1 aliphatic carbocycles. The highest BCUT2D eigenvalue weighted by Crippen LogP contribution is 2.42. The largest absolute Gasteiger partial charge is 0.388 e. The van der Waals surface area contributed by atoms with E-state index in [2.05, 4.69) is 4.98 Å². The van der Waals surface area contributed by atoms with Crippen LogP contribution in [0.1, 0.15) is 24.5 Å². The number of pyridine rings is 1. The van der Waals surface area contributed by atoms with Crippen molar-refractivity contribution in [3.63, 3.8) is 0 Å². The van der Waals surface area contributed by atoms with Crippen molar-refractivity contribution in [2.45, 2.75) is 18.9 Å². The molecule has 0 saturated heterocycles. The van der Waals surface area contributed by atoms with E-state index in [1.807, 2.05) is 6.07 Å². The van der Waals surface area contributed by atoms with Crippen molar-refractivity contribution in [1.82, 2.24) is 4.98 Å². The molecule has 2 nitrogen and oxygen atoms in total. The van der Waals surface area contributed by atoms with E-state index in [0.29, 0.717) is 11.1 Å². The van der Waals surface area contributed by atoms with Crippen molar-refractivity contribution in [2.75, 3.05) is 0 Å².